The van der Waals surface area contributed by atoms with Crippen molar-refractivity contribution in [2.45, 2.75) is 13.3 Å². The van der Waals surface area contributed by atoms with Gasteiger partial charge in [0.05, 0.1) is 0 Å². The van der Waals surface area contributed by atoms with Crippen LogP contribution in [-0.4, -0.2) is 33.9 Å². The number of pyridine rings is 1. The van der Waals surface area contributed by atoms with Crippen LogP contribution in [0.5, 0.6) is 0 Å². The summed E-state index contributed by atoms with van der Waals surface area (Å²) < 4.78 is 5.43. The highest BCUT2D eigenvalue weighted by molar-refractivity contribution is 5.94. The van der Waals surface area contributed by atoms with Gasteiger partial charge in [-0.1, -0.05) is 6.08 Å². The molecule has 0 aliphatic carbocycles. The van der Waals surface area contributed by atoms with E-state index in [4.69, 9.17) is 4.42 Å². The maximum Gasteiger partial charge on any atom is 0.289 e. The molecule has 0 spiro atoms. The first-order valence-corrected chi connectivity index (χ1v) is 7.69. The van der Waals surface area contributed by atoms with E-state index < -0.39 is 0 Å². The Hall–Kier alpha value is -2.82. The number of amides is 1. The SMILES string of the molecule is Cc1ccc(C(=O)N2CC=C(c3c[nH]c4ncccc34)CC2)o1. The first kappa shape index (κ1) is 13.8. The van der Waals surface area contributed by atoms with Gasteiger partial charge < -0.3 is 14.3 Å². The van der Waals surface area contributed by atoms with Crippen molar-refractivity contribution < 1.29 is 9.21 Å². The molecule has 0 aromatic carbocycles. The van der Waals surface area contributed by atoms with Crippen molar-refractivity contribution >= 4 is 22.5 Å². The van der Waals surface area contributed by atoms with Gasteiger partial charge in [0.2, 0.25) is 0 Å². The molecule has 23 heavy (non-hydrogen) atoms. The number of hydrogen-bond donors (Lipinski definition) is 1. The molecule has 4 rings (SSSR count). The highest BCUT2D eigenvalue weighted by atomic mass is 16.3. The zero-order chi connectivity index (χ0) is 15.8. The van der Waals surface area contributed by atoms with E-state index in [2.05, 4.69) is 22.1 Å². The normalized spacial score (nSPS) is 15.0. The van der Waals surface area contributed by atoms with Crippen LogP contribution >= 0.6 is 0 Å². The number of aromatic amines is 1. The number of hydrogen-bond acceptors (Lipinski definition) is 3. The Labute approximate surface area is 133 Å². The summed E-state index contributed by atoms with van der Waals surface area (Å²) >= 11 is 0. The molecule has 0 radical (unpaired) electrons. The topological polar surface area (TPSA) is 62.1 Å². The summed E-state index contributed by atoms with van der Waals surface area (Å²) in [6.07, 6.45) is 6.72. The molecule has 5 heteroatoms. The van der Waals surface area contributed by atoms with E-state index >= 15 is 0 Å². The molecule has 3 aromatic heterocycles. The number of nitrogens with zero attached hydrogens (tertiary/aromatic N) is 2. The summed E-state index contributed by atoms with van der Waals surface area (Å²) in [4.78, 5) is 21.7. The molecule has 116 valence electrons. The second-order valence-electron chi connectivity index (χ2n) is 5.74. The maximum atomic E-state index is 12.4. The van der Waals surface area contributed by atoms with Gasteiger partial charge in [-0.15, -0.1) is 0 Å². The first-order valence-electron chi connectivity index (χ1n) is 7.69. The first-order chi connectivity index (χ1) is 11.2. The summed E-state index contributed by atoms with van der Waals surface area (Å²) in [6.45, 7) is 3.13. The minimum atomic E-state index is -0.0472. The molecule has 5 nitrogen and oxygen atoms in total. The van der Waals surface area contributed by atoms with Crippen LogP contribution in [-0.2, 0) is 0 Å². The summed E-state index contributed by atoms with van der Waals surface area (Å²) in [7, 11) is 0. The van der Waals surface area contributed by atoms with E-state index in [9.17, 15) is 4.79 Å². The van der Waals surface area contributed by atoms with Crippen LogP contribution in [0.15, 0.2) is 47.2 Å². The standard InChI is InChI=1S/C18H17N3O2/c1-12-4-5-16(23-12)18(22)21-9-6-13(7-10-21)15-11-20-17-14(15)3-2-8-19-17/h2-6,8,11H,7,9-10H2,1H3,(H,19,20). The van der Waals surface area contributed by atoms with Crippen molar-refractivity contribution in [2.24, 2.45) is 0 Å². The average Bonchev–Trinajstić information content (AvgIpc) is 3.21. The quantitative estimate of drug-likeness (QED) is 0.789. The molecule has 0 atom stereocenters. The van der Waals surface area contributed by atoms with Gasteiger partial charge in [-0.05, 0) is 43.2 Å². The van der Waals surface area contributed by atoms with Crippen LogP contribution in [0, 0.1) is 6.92 Å². The van der Waals surface area contributed by atoms with Crippen LogP contribution in [0.1, 0.15) is 28.3 Å². The lowest BCUT2D eigenvalue weighted by atomic mass is 9.99. The highest BCUT2D eigenvalue weighted by Crippen LogP contribution is 2.28. The number of rotatable bonds is 2. The molecule has 1 aliphatic heterocycles. The van der Waals surface area contributed by atoms with E-state index in [1.807, 2.05) is 30.2 Å². The third-order valence-corrected chi connectivity index (χ3v) is 4.24. The van der Waals surface area contributed by atoms with Crippen LogP contribution in [0.3, 0.4) is 0 Å². The van der Waals surface area contributed by atoms with Gasteiger partial charge in [-0.25, -0.2) is 4.98 Å². The predicted octanol–water partition coefficient (Wildman–Crippen LogP) is 3.39. The number of carbonyl (C=O) groups excluding carboxylic acids is 1. The second-order valence-corrected chi connectivity index (χ2v) is 5.74. The Balaban J connectivity index is 1.56. The van der Waals surface area contributed by atoms with Crippen LogP contribution in [0.4, 0.5) is 0 Å². The van der Waals surface area contributed by atoms with Gasteiger partial charge in [0.1, 0.15) is 11.4 Å². The molecular formula is C18H17N3O2. The molecule has 1 N–H and O–H groups in total. The van der Waals surface area contributed by atoms with Gasteiger partial charge >= 0.3 is 0 Å². The summed E-state index contributed by atoms with van der Waals surface area (Å²) in [5.74, 6) is 1.12. The Morgan fingerprint density at radius 1 is 1.35 bits per heavy atom. The van der Waals surface area contributed by atoms with E-state index in [1.54, 1.807) is 12.3 Å². The Morgan fingerprint density at radius 2 is 2.26 bits per heavy atom. The molecule has 0 fully saturated rings. The number of H-pyrrole nitrogens is 1. The number of carbonyl (C=O) groups is 1. The number of furan rings is 1. The van der Waals surface area contributed by atoms with Crippen molar-refractivity contribution in [1.82, 2.24) is 14.9 Å². The number of aryl methyl sites for hydroxylation is 1. The van der Waals surface area contributed by atoms with Crippen LogP contribution < -0.4 is 0 Å². The molecule has 4 heterocycles. The van der Waals surface area contributed by atoms with Crippen LogP contribution in [0.25, 0.3) is 16.6 Å². The maximum absolute atomic E-state index is 12.4. The monoisotopic (exact) mass is 307 g/mol. The molecule has 0 saturated heterocycles. The van der Waals surface area contributed by atoms with Crippen LogP contribution in [0.2, 0.25) is 0 Å². The Kier molecular flexibility index (Phi) is 3.26. The van der Waals surface area contributed by atoms with Gasteiger partial charge in [-0.3, -0.25) is 4.79 Å². The molecular weight excluding hydrogens is 290 g/mol. The summed E-state index contributed by atoms with van der Waals surface area (Å²) in [5.41, 5.74) is 3.32. The minimum Gasteiger partial charge on any atom is -0.456 e. The second kappa shape index (κ2) is 5.43. The smallest absolute Gasteiger partial charge is 0.289 e. The molecule has 0 bridgehead atoms. The van der Waals surface area contributed by atoms with Crippen molar-refractivity contribution in [1.29, 1.82) is 0 Å². The molecule has 0 saturated carbocycles. The third-order valence-electron chi connectivity index (χ3n) is 4.24. The summed E-state index contributed by atoms with van der Waals surface area (Å²) in [6, 6.07) is 7.57. The fourth-order valence-corrected chi connectivity index (χ4v) is 3.03. The number of nitrogens with one attached hydrogen (secondary N) is 1. The molecule has 1 amide bonds. The fraction of sp³-hybridized carbons (Fsp3) is 0.222. The fourth-order valence-electron chi connectivity index (χ4n) is 3.03. The van der Waals surface area contributed by atoms with E-state index in [0.717, 1.165) is 23.2 Å². The van der Waals surface area contributed by atoms with Crippen molar-refractivity contribution in [3.8, 4) is 0 Å². The Morgan fingerprint density at radius 3 is 3.00 bits per heavy atom. The van der Waals surface area contributed by atoms with Crippen molar-refractivity contribution in [2.75, 3.05) is 13.1 Å². The van der Waals surface area contributed by atoms with Crippen molar-refractivity contribution in [3.63, 3.8) is 0 Å². The predicted molar refractivity (Wildman–Crippen MR) is 88.0 cm³/mol. The molecule has 3 aromatic rings. The zero-order valence-corrected chi connectivity index (χ0v) is 12.9. The highest BCUT2D eigenvalue weighted by Gasteiger charge is 2.22. The van der Waals surface area contributed by atoms with Gasteiger partial charge in [-0.2, -0.15) is 0 Å². The summed E-state index contributed by atoms with van der Waals surface area (Å²) in [5, 5.41) is 1.13. The molecule has 1 aliphatic rings. The van der Waals surface area contributed by atoms with E-state index in [-0.39, 0.29) is 5.91 Å². The lowest BCUT2D eigenvalue weighted by Crippen LogP contribution is -2.34. The van der Waals surface area contributed by atoms with E-state index in [0.29, 0.717) is 18.8 Å². The number of aromatic nitrogens is 2. The lowest BCUT2D eigenvalue weighted by Gasteiger charge is -2.25. The van der Waals surface area contributed by atoms with Gasteiger partial charge in [0.15, 0.2) is 5.76 Å². The Bertz CT molecular complexity index is 904. The lowest BCUT2D eigenvalue weighted by molar-refractivity contribution is 0.0739. The van der Waals surface area contributed by atoms with Gasteiger partial charge in [0.25, 0.3) is 5.91 Å². The minimum absolute atomic E-state index is 0.0472. The largest absolute Gasteiger partial charge is 0.456 e. The number of fused-ring (bicyclic) bond motifs is 1. The zero-order valence-electron chi connectivity index (χ0n) is 12.9. The van der Waals surface area contributed by atoms with E-state index in [1.165, 1.54) is 11.1 Å². The van der Waals surface area contributed by atoms with Gasteiger partial charge in [0, 0.05) is 36.4 Å². The van der Waals surface area contributed by atoms with Crippen molar-refractivity contribution in [3.05, 3.63) is 59.8 Å². The third kappa shape index (κ3) is 2.44. The average molecular weight is 307 g/mol. The molecule has 0 unspecified atom stereocenters.